The summed E-state index contributed by atoms with van der Waals surface area (Å²) in [5.41, 5.74) is 1.27. The topological polar surface area (TPSA) is 63.6 Å². The Kier molecular flexibility index (Phi) is 2.90. The largest absolute Gasteiger partial charge is 0.305 e. The van der Waals surface area contributed by atoms with E-state index < -0.39 is 5.82 Å². The van der Waals surface area contributed by atoms with E-state index in [0.29, 0.717) is 16.7 Å². The van der Waals surface area contributed by atoms with E-state index in [2.05, 4.69) is 15.3 Å². The Morgan fingerprint density at radius 1 is 1.24 bits per heavy atom. The minimum atomic E-state index is -0.426. The van der Waals surface area contributed by atoms with Gasteiger partial charge in [0.05, 0.1) is 0 Å². The van der Waals surface area contributed by atoms with Gasteiger partial charge in [-0.15, -0.1) is 5.10 Å². The molecule has 1 aromatic carbocycles. The molecule has 3 rings (SSSR count). The first-order valence-corrected chi connectivity index (χ1v) is 6.62. The third kappa shape index (κ3) is 2.22. The zero-order chi connectivity index (χ0) is 15.2. The van der Waals surface area contributed by atoms with Gasteiger partial charge in [0.1, 0.15) is 17.0 Å². The van der Waals surface area contributed by atoms with E-state index in [1.54, 1.807) is 24.3 Å². The number of fused-ring (bicyclic) bond motifs is 1. The van der Waals surface area contributed by atoms with Crippen LogP contribution in [0.4, 0.5) is 4.39 Å². The maximum absolute atomic E-state index is 13.9. The maximum Gasteiger partial charge on any atom is 0.253 e. The third-order valence-corrected chi connectivity index (χ3v) is 3.34. The van der Waals surface area contributed by atoms with Crippen LogP contribution in [0.2, 0.25) is 0 Å². The molecule has 0 saturated heterocycles. The van der Waals surface area contributed by atoms with Crippen molar-refractivity contribution in [2.75, 3.05) is 0 Å². The van der Waals surface area contributed by atoms with Crippen molar-refractivity contribution in [3.05, 3.63) is 52.1 Å². The van der Waals surface area contributed by atoms with Crippen molar-refractivity contribution in [1.82, 2.24) is 20.0 Å². The molecule has 0 fully saturated rings. The number of H-pyrrole nitrogens is 1. The van der Waals surface area contributed by atoms with E-state index in [9.17, 15) is 9.18 Å². The van der Waals surface area contributed by atoms with Gasteiger partial charge in [0.15, 0.2) is 5.65 Å². The molecule has 0 aliphatic carbocycles. The number of nitrogens with zero attached hydrogens (tertiary/aromatic N) is 3. The zero-order valence-corrected chi connectivity index (χ0v) is 12.0. The lowest BCUT2D eigenvalue weighted by Gasteiger charge is -2.17. The predicted molar refractivity (Wildman–Crippen MR) is 78.1 cm³/mol. The molecule has 0 aliphatic heterocycles. The van der Waals surface area contributed by atoms with Crippen molar-refractivity contribution < 1.29 is 4.39 Å². The molecule has 2 heterocycles. The third-order valence-electron chi connectivity index (χ3n) is 3.34. The summed E-state index contributed by atoms with van der Waals surface area (Å²) < 4.78 is 15.2. The molecule has 108 valence electrons. The second-order valence-electron chi connectivity index (χ2n) is 5.95. The first kappa shape index (κ1) is 13.5. The van der Waals surface area contributed by atoms with Gasteiger partial charge in [0, 0.05) is 5.56 Å². The van der Waals surface area contributed by atoms with Crippen LogP contribution in [0.15, 0.2) is 35.1 Å². The number of halogens is 1. The van der Waals surface area contributed by atoms with Gasteiger partial charge in [0.25, 0.3) is 5.56 Å². The molecular formula is C15H15FN4O. The number of para-hydroxylation sites is 1. The minimum absolute atomic E-state index is 0.213. The molecule has 0 unspecified atom stereocenters. The average molecular weight is 286 g/mol. The van der Waals surface area contributed by atoms with E-state index in [1.807, 2.05) is 20.8 Å². The van der Waals surface area contributed by atoms with Gasteiger partial charge in [-0.3, -0.25) is 4.79 Å². The summed E-state index contributed by atoms with van der Waals surface area (Å²) in [5.74, 6) is -0.426. The van der Waals surface area contributed by atoms with Gasteiger partial charge in [-0.1, -0.05) is 38.1 Å². The molecule has 1 N–H and O–H groups in total. The van der Waals surface area contributed by atoms with Crippen molar-refractivity contribution in [3.8, 4) is 5.69 Å². The quantitative estimate of drug-likeness (QED) is 0.747. The van der Waals surface area contributed by atoms with Crippen LogP contribution >= 0.6 is 0 Å². The van der Waals surface area contributed by atoms with Gasteiger partial charge >= 0.3 is 0 Å². The Labute approximate surface area is 120 Å². The number of hydrogen-bond acceptors (Lipinski definition) is 3. The van der Waals surface area contributed by atoms with Gasteiger partial charge in [-0.25, -0.2) is 4.39 Å². The van der Waals surface area contributed by atoms with Crippen LogP contribution in [-0.2, 0) is 5.41 Å². The van der Waals surface area contributed by atoms with Crippen molar-refractivity contribution in [3.63, 3.8) is 0 Å². The van der Waals surface area contributed by atoms with Gasteiger partial charge < -0.3 is 4.98 Å². The number of pyridine rings is 1. The van der Waals surface area contributed by atoms with Crippen LogP contribution in [0.1, 0.15) is 26.3 Å². The Bertz CT molecular complexity index is 873. The molecule has 3 aromatic rings. The monoisotopic (exact) mass is 286 g/mol. The number of aromatic nitrogens is 4. The minimum Gasteiger partial charge on any atom is -0.305 e. The smallest absolute Gasteiger partial charge is 0.253 e. The molecule has 5 nitrogen and oxygen atoms in total. The molecule has 0 atom stereocenters. The van der Waals surface area contributed by atoms with Gasteiger partial charge in [-0.2, -0.15) is 4.68 Å². The molecule has 0 spiro atoms. The summed E-state index contributed by atoms with van der Waals surface area (Å²) in [4.78, 5) is 15.0. The average Bonchev–Trinajstić information content (AvgIpc) is 2.80. The van der Waals surface area contributed by atoms with E-state index in [4.69, 9.17) is 0 Å². The number of rotatable bonds is 1. The lowest BCUT2D eigenvalue weighted by atomic mass is 9.88. The summed E-state index contributed by atoms with van der Waals surface area (Å²) in [5, 5.41) is 7.97. The lowest BCUT2D eigenvalue weighted by Crippen LogP contribution is -2.24. The highest BCUT2D eigenvalue weighted by Crippen LogP contribution is 2.22. The molecule has 0 bridgehead atoms. The van der Waals surface area contributed by atoms with Gasteiger partial charge in [-0.05, 0) is 23.6 Å². The number of aromatic amines is 1. The molecule has 21 heavy (non-hydrogen) atoms. The first-order valence-electron chi connectivity index (χ1n) is 6.62. The summed E-state index contributed by atoms with van der Waals surface area (Å²) >= 11 is 0. The van der Waals surface area contributed by atoms with E-state index in [1.165, 1.54) is 10.7 Å². The van der Waals surface area contributed by atoms with Crippen LogP contribution in [0.3, 0.4) is 0 Å². The molecular weight excluding hydrogens is 271 g/mol. The van der Waals surface area contributed by atoms with Crippen molar-refractivity contribution in [2.45, 2.75) is 26.2 Å². The zero-order valence-electron chi connectivity index (χ0n) is 12.0. The number of hydrogen-bond donors (Lipinski definition) is 1. The predicted octanol–water partition coefficient (Wildman–Crippen LogP) is 2.55. The Balaban J connectivity index is 2.28. The van der Waals surface area contributed by atoms with Crippen molar-refractivity contribution in [1.29, 1.82) is 0 Å². The van der Waals surface area contributed by atoms with Crippen LogP contribution in [0, 0.1) is 5.82 Å². The molecule has 0 aliphatic rings. The van der Waals surface area contributed by atoms with Crippen molar-refractivity contribution >= 4 is 11.2 Å². The highest BCUT2D eigenvalue weighted by Gasteiger charge is 2.20. The summed E-state index contributed by atoms with van der Waals surface area (Å²) in [6.45, 7) is 5.85. The van der Waals surface area contributed by atoms with Crippen LogP contribution in [0.5, 0.6) is 0 Å². The Morgan fingerprint density at radius 2 is 1.95 bits per heavy atom. The van der Waals surface area contributed by atoms with Crippen molar-refractivity contribution in [2.24, 2.45) is 0 Å². The SMILES string of the molecule is CC(C)(C)c1cc2nnn(-c3ccccc3F)c2[nH]c1=O. The molecule has 0 saturated carbocycles. The van der Waals surface area contributed by atoms with Gasteiger partial charge in [0.2, 0.25) is 0 Å². The lowest BCUT2D eigenvalue weighted by molar-refractivity contribution is 0.582. The summed E-state index contributed by atoms with van der Waals surface area (Å²) in [7, 11) is 0. The summed E-state index contributed by atoms with van der Waals surface area (Å²) in [6.07, 6.45) is 0. The summed E-state index contributed by atoms with van der Waals surface area (Å²) in [6, 6.07) is 7.92. The molecule has 0 radical (unpaired) electrons. The van der Waals surface area contributed by atoms with Crippen LogP contribution in [-0.4, -0.2) is 20.0 Å². The second-order valence-corrected chi connectivity index (χ2v) is 5.95. The maximum atomic E-state index is 13.9. The fourth-order valence-electron chi connectivity index (χ4n) is 2.23. The van der Waals surface area contributed by atoms with E-state index >= 15 is 0 Å². The fourth-order valence-corrected chi connectivity index (χ4v) is 2.23. The highest BCUT2D eigenvalue weighted by molar-refractivity contribution is 5.72. The Morgan fingerprint density at radius 3 is 2.62 bits per heavy atom. The second kappa shape index (κ2) is 4.51. The highest BCUT2D eigenvalue weighted by atomic mass is 19.1. The van der Waals surface area contributed by atoms with Crippen LogP contribution < -0.4 is 5.56 Å². The fraction of sp³-hybridized carbons (Fsp3) is 0.267. The molecule has 0 amide bonds. The Hall–Kier alpha value is -2.50. The standard InChI is InChI=1S/C15H15FN4O/c1-15(2,3)9-8-11-13(17-14(9)21)20(19-18-11)12-7-5-4-6-10(12)16/h4-8H,1-3H3,(H,17,21). The van der Waals surface area contributed by atoms with E-state index in [0.717, 1.165) is 0 Å². The van der Waals surface area contributed by atoms with E-state index in [-0.39, 0.29) is 16.7 Å². The first-order chi connectivity index (χ1) is 9.88. The number of benzene rings is 1. The number of nitrogens with one attached hydrogen (secondary N) is 1. The molecule has 6 heteroatoms. The van der Waals surface area contributed by atoms with Crippen LogP contribution in [0.25, 0.3) is 16.9 Å². The normalized spacial score (nSPS) is 12.0. The molecule has 2 aromatic heterocycles.